The van der Waals surface area contributed by atoms with Gasteiger partial charge in [0.05, 0.1) is 6.42 Å². The van der Waals surface area contributed by atoms with E-state index in [4.69, 9.17) is 5.73 Å². The van der Waals surface area contributed by atoms with Crippen LogP contribution in [0.25, 0.3) is 0 Å². The van der Waals surface area contributed by atoms with Gasteiger partial charge in [0.1, 0.15) is 6.54 Å². The predicted molar refractivity (Wildman–Crippen MR) is 61.8 cm³/mol. The summed E-state index contributed by atoms with van der Waals surface area (Å²) in [6.45, 7) is -1.34. The molecule has 1 aromatic carbocycles. The van der Waals surface area contributed by atoms with Crippen LogP contribution in [-0.2, 0) is 11.2 Å². The summed E-state index contributed by atoms with van der Waals surface area (Å²) in [5.41, 5.74) is 5.90. The molecular weight excluding hydrogens is 245 g/mol. The minimum atomic E-state index is -4.40. The monoisotopic (exact) mass is 260 g/mol. The third kappa shape index (κ3) is 5.18. The molecule has 0 aliphatic carbocycles. The summed E-state index contributed by atoms with van der Waals surface area (Å²) in [6, 6.07) is 8.65. The third-order valence-corrected chi connectivity index (χ3v) is 2.32. The maximum atomic E-state index is 12.3. The normalized spacial score (nSPS) is 11.3. The zero-order chi connectivity index (χ0) is 13.6. The van der Waals surface area contributed by atoms with Gasteiger partial charge in [-0.05, 0) is 5.56 Å². The summed E-state index contributed by atoms with van der Waals surface area (Å²) >= 11 is 0. The number of alkyl halides is 3. The number of nitrogens with two attached hydrogens (primary N) is 1. The number of nitrogens with zero attached hydrogens (tertiary/aromatic N) is 1. The molecule has 0 saturated carbocycles. The molecule has 0 fully saturated rings. The molecule has 18 heavy (non-hydrogen) atoms. The van der Waals surface area contributed by atoms with Crippen molar-refractivity contribution in [1.29, 1.82) is 0 Å². The molecule has 2 N–H and O–H groups in total. The van der Waals surface area contributed by atoms with Crippen LogP contribution in [0.5, 0.6) is 0 Å². The highest BCUT2D eigenvalue weighted by molar-refractivity contribution is 5.78. The van der Waals surface area contributed by atoms with Crippen molar-refractivity contribution in [2.45, 2.75) is 12.6 Å². The Morgan fingerprint density at radius 3 is 2.33 bits per heavy atom. The Morgan fingerprint density at radius 2 is 1.83 bits per heavy atom. The fraction of sp³-hybridized carbons (Fsp3) is 0.417. The Labute approximate surface area is 103 Å². The Morgan fingerprint density at radius 1 is 1.22 bits per heavy atom. The molecule has 1 aromatic rings. The molecule has 0 spiro atoms. The van der Waals surface area contributed by atoms with E-state index in [-0.39, 0.29) is 19.5 Å². The maximum absolute atomic E-state index is 12.3. The first-order valence-corrected chi connectivity index (χ1v) is 5.51. The fourth-order valence-corrected chi connectivity index (χ4v) is 1.55. The lowest BCUT2D eigenvalue weighted by Gasteiger charge is -2.23. The summed E-state index contributed by atoms with van der Waals surface area (Å²) < 4.78 is 36.9. The number of halogens is 3. The summed E-state index contributed by atoms with van der Waals surface area (Å²) in [7, 11) is 0. The van der Waals surface area contributed by atoms with E-state index >= 15 is 0 Å². The minimum Gasteiger partial charge on any atom is -0.332 e. The topological polar surface area (TPSA) is 46.3 Å². The molecule has 3 nitrogen and oxygen atoms in total. The summed E-state index contributed by atoms with van der Waals surface area (Å²) in [4.78, 5) is 12.5. The lowest BCUT2D eigenvalue weighted by atomic mass is 10.1. The summed E-state index contributed by atoms with van der Waals surface area (Å²) in [5, 5.41) is 0. The number of hydrogen-bond donors (Lipinski definition) is 1. The zero-order valence-corrected chi connectivity index (χ0v) is 9.78. The predicted octanol–water partition coefficient (Wildman–Crippen LogP) is 1.58. The highest BCUT2D eigenvalue weighted by Crippen LogP contribution is 2.17. The number of rotatable bonds is 5. The molecule has 0 aliphatic rings. The van der Waals surface area contributed by atoms with Crippen molar-refractivity contribution in [3.63, 3.8) is 0 Å². The van der Waals surface area contributed by atoms with E-state index < -0.39 is 18.6 Å². The van der Waals surface area contributed by atoms with Crippen molar-refractivity contribution in [2.24, 2.45) is 5.73 Å². The SMILES string of the molecule is NCCN(CC(F)(F)F)C(=O)Cc1ccccc1. The zero-order valence-electron chi connectivity index (χ0n) is 9.78. The van der Waals surface area contributed by atoms with Gasteiger partial charge < -0.3 is 10.6 Å². The summed E-state index contributed by atoms with van der Waals surface area (Å²) in [5.74, 6) is -0.566. The van der Waals surface area contributed by atoms with E-state index in [9.17, 15) is 18.0 Å². The standard InChI is InChI=1S/C12H15F3N2O/c13-12(14,15)9-17(7-6-16)11(18)8-10-4-2-1-3-5-10/h1-5H,6-9,16H2. The Kier molecular flexibility index (Phi) is 5.15. The van der Waals surface area contributed by atoms with Gasteiger partial charge in [-0.15, -0.1) is 0 Å². The molecule has 0 bridgehead atoms. The third-order valence-electron chi connectivity index (χ3n) is 2.32. The van der Waals surface area contributed by atoms with Crippen LogP contribution in [0, 0.1) is 0 Å². The number of carbonyl (C=O) groups excluding carboxylic acids is 1. The van der Waals surface area contributed by atoms with Gasteiger partial charge >= 0.3 is 6.18 Å². The largest absolute Gasteiger partial charge is 0.406 e. The number of hydrogen-bond acceptors (Lipinski definition) is 2. The molecule has 0 radical (unpaired) electrons. The molecule has 0 aliphatic heterocycles. The van der Waals surface area contributed by atoms with Crippen LogP contribution in [0.2, 0.25) is 0 Å². The molecule has 6 heteroatoms. The van der Waals surface area contributed by atoms with Crippen LogP contribution in [0.1, 0.15) is 5.56 Å². The van der Waals surface area contributed by atoms with Gasteiger partial charge in [0.25, 0.3) is 0 Å². The highest BCUT2D eigenvalue weighted by atomic mass is 19.4. The van der Waals surface area contributed by atoms with Crippen molar-refractivity contribution in [2.75, 3.05) is 19.6 Å². The van der Waals surface area contributed by atoms with Crippen LogP contribution in [0.4, 0.5) is 13.2 Å². The fourth-order valence-electron chi connectivity index (χ4n) is 1.55. The van der Waals surface area contributed by atoms with Gasteiger partial charge in [-0.3, -0.25) is 4.79 Å². The molecule has 0 atom stereocenters. The minimum absolute atomic E-state index is 0.0105. The van der Waals surface area contributed by atoms with Crippen molar-refractivity contribution in [3.05, 3.63) is 35.9 Å². The first-order chi connectivity index (χ1) is 8.42. The second kappa shape index (κ2) is 6.39. The second-order valence-corrected chi connectivity index (χ2v) is 3.88. The molecular formula is C12H15F3N2O. The smallest absolute Gasteiger partial charge is 0.332 e. The van der Waals surface area contributed by atoms with E-state index in [1.165, 1.54) is 0 Å². The van der Waals surface area contributed by atoms with Crippen LogP contribution in [0.15, 0.2) is 30.3 Å². The average Bonchev–Trinajstić information content (AvgIpc) is 2.28. The summed E-state index contributed by atoms with van der Waals surface area (Å²) in [6.07, 6.45) is -4.45. The van der Waals surface area contributed by atoms with Gasteiger partial charge in [-0.25, -0.2) is 0 Å². The number of benzene rings is 1. The van der Waals surface area contributed by atoms with Gasteiger partial charge in [0.2, 0.25) is 5.91 Å². The molecule has 100 valence electrons. The lowest BCUT2D eigenvalue weighted by Crippen LogP contribution is -2.42. The van der Waals surface area contributed by atoms with Crippen molar-refractivity contribution in [1.82, 2.24) is 4.90 Å². The molecule has 1 rings (SSSR count). The van der Waals surface area contributed by atoms with E-state index in [0.717, 1.165) is 4.90 Å². The van der Waals surface area contributed by atoms with Gasteiger partial charge in [0, 0.05) is 13.1 Å². The van der Waals surface area contributed by atoms with Crippen LogP contribution in [0.3, 0.4) is 0 Å². The van der Waals surface area contributed by atoms with E-state index in [1.807, 2.05) is 0 Å². The number of carbonyl (C=O) groups is 1. The van der Waals surface area contributed by atoms with E-state index in [0.29, 0.717) is 5.56 Å². The second-order valence-electron chi connectivity index (χ2n) is 3.88. The van der Waals surface area contributed by atoms with Crippen LogP contribution < -0.4 is 5.73 Å². The maximum Gasteiger partial charge on any atom is 0.406 e. The molecule has 0 aromatic heterocycles. The highest BCUT2D eigenvalue weighted by Gasteiger charge is 2.32. The van der Waals surface area contributed by atoms with Crippen molar-refractivity contribution < 1.29 is 18.0 Å². The quantitative estimate of drug-likeness (QED) is 0.873. The molecule has 1 amide bonds. The first kappa shape index (κ1) is 14.5. The van der Waals surface area contributed by atoms with Crippen LogP contribution in [-0.4, -0.2) is 36.6 Å². The van der Waals surface area contributed by atoms with E-state index in [1.54, 1.807) is 30.3 Å². The Balaban J connectivity index is 2.65. The van der Waals surface area contributed by atoms with Gasteiger partial charge in [0.15, 0.2) is 0 Å². The number of amides is 1. The lowest BCUT2D eigenvalue weighted by molar-refractivity contribution is -0.160. The molecule has 0 saturated heterocycles. The van der Waals surface area contributed by atoms with Gasteiger partial charge in [-0.2, -0.15) is 13.2 Å². The Bertz CT molecular complexity index is 379. The van der Waals surface area contributed by atoms with Crippen LogP contribution >= 0.6 is 0 Å². The average molecular weight is 260 g/mol. The van der Waals surface area contributed by atoms with Crippen molar-refractivity contribution >= 4 is 5.91 Å². The molecule has 0 unspecified atom stereocenters. The van der Waals surface area contributed by atoms with Crippen molar-refractivity contribution in [3.8, 4) is 0 Å². The molecule has 0 heterocycles. The van der Waals surface area contributed by atoms with Gasteiger partial charge in [-0.1, -0.05) is 30.3 Å². The first-order valence-electron chi connectivity index (χ1n) is 5.51. The van der Waals surface area contributed by atoms with E-state index in [2.05, 4.69) is 0 Å². The Hall–Kier alpha value is -1.56.